The van der Waals surface area contributed by atoms with Crippen molar-refractivity contribution in [3.8, 4) is 5.75 Å². The number of urea groups is 1. The second-order valence-electron chi connectivity index (χ2n) is 5.10. The SMILES string of the molecule is CN(CCCOc1cccc(Cl)c1)C(=O)NCc1cccnc1. The summed E-state index contributed by atoms with van der Waals surface area (Å²) in [5, 5.41) is 3.50. The maximum atomic E-state index is 12.0. The molecule has 0 spiro atoms. The number of rotatable bonds is 7. The number of benzene rings is 1. The van der Waals surface area contributed by atoms with Crippen LogP contribution >= 0.6 is 11.6 Å². The zero-order chi connectivity index (χ0) is 16.5. The molecule has 0 saturated carbocycles. The smallest absolute Gasteiger partial charge is 0.317 e. The van der Waals surface area contributed by atoms with Gasteiger partial charge in [-0.05, 0) is 36.2 Å². The van der Waals surface area contributed by atoms with Gasteiger partial charge in [0, 0.05) is 37.6 Å². The number of carbonyl (C=O) groups excluding carboxylic acids is 1. The lowest BCUT2D eigenvalue weighted by Crippen LogP contribution is -2.37. The number of nitrogens with zero attached hydrogens (tertiary/aromatic N) is 2. The lowest BCUT2D eigenvalue weighted by atomic mass is 10.3. The van der Waals surface area contributed by atoms with Gasteiger partial charge in [-0.25, -0.2) is 4.79 Å². The molecule has 6 heteroatoms. The molecular formula is C17H20ClN3O2. The summed E-state index contributed by atoms with van der Waals surface area (Å²) < 4.78 is 5.60. The Morgan fingerprint density at radius 1 is 1.35 bits per heavy atom. The molecule has 2 aromatic rings. The van der Waals surface area contributed by atoms with Crippen molar-refractivity contribution in [1.29, 1.82) is 0 Å². The average molecular weight is 334 g/mol. The fraction of sp³-hybridized carbons (Fsp3) is 0.294. The molecule has 0 atom stereocenters. The van der Waals surface area contributed by atoms with Gasteiger partial charge in [0.15, 0.2) is 0 Å². The first-order chi connectivity index (χ1) is 11.1. The van der Waals surface area contributed by atoms with Gasteiger partial charge >= 0.3 is 6.03 Å². The summed E-state index contributed by atoms with van der Waals surface area (Å²) in [7, 11) is 1.76. The number of aromatic nitrogens is 1. The third-order valence-electron chi connectivity index (χ3n) is 3.22. The first-order valence-corrected chi connectivity index (χ1v) is 7.79. The van der Waals surface area contributed by atoms with E-state index in [9.17, 15) is 4.79 Å². The molecule has 0 aliphatic heterocycles. The van der Waals surface area contributed by atoms with E-state index in [0.29, 0.717) is 24.7 Å². The van der Waals surface area contributed by atoms with Crippen molar-refractivity contribution in [3.05, 3.63) is 59.4 Å². The zero-order valence-corrected chi connectivity index (χ0v) is 13.8. The highest BCUT2D eigenvalue weighted by Gasteiger charge is 2.07. The molecule has 0 fully saturated rings. The normalized spacial score (nSPS) is 10.2. The van der Waals surface area contributed by atoms with E-state index in [0.717, 1.165) is 17.7 Å². The van der Waals surface area contributed by atoms with E-state index >= 15 is 0 Å². The number of carbonyl (C=O) groups is 1. The fourth-order valence-corrected chi connectivity index (χ4v) is 2.15. The third-order valence-corrected chi connectivity index (χ3v) is 3.45. The monoisotopic (exact) mass is 333 g/mol. The topological polar surface area (TPSA) is 54.5 Å². The summed E-state index contributed by atoms with van der Waals surface area (Å²) in [5.41, 5.74) is 0.971. The van der Waals surface area contributed by atoms with Gasteiger partial charge in [0.1, 0.15) is 5.75 Å². The molecular weight excluding hydrogens is 314 g/mol. The van der Waals surface area contributed by atoms with Crippen molar-refractivity contribution < 1.29 is 9.53 Å². The first-order valence-electron chi connectivity index (χ1n) is 7.41. The van der Waals surface area contributed by atoms with Crippen LogP contribution in [0.15, 0.2) is 48.8 Å². The van der Waals surface area contributed by atoms with Crippen LogP contribution in [0.25, 0.3) is 0 Å². The molecule has 23 heavy (non-hydrogen) atoms. The maximum absolute atomic E-state index is 12.0. The van der Waals surface area contributed by atoms with Gasteiger partial charge in [0.25, 0.3) is 0 Å². The van der Waals surface area contributed by atoms with Crippen LogP contribution in [0, 0.1) is 0 Å². The molecule has 2 rings (SSSR count). The number of nitrogens with one attached hydrogen (secondary N) is 1. The molecule has 1 aromatic heterocycles. The molecule has 0 aliphatic rings. The standard InChI is InChI=1S/C17H20ClN3O2/c1-21(17(22)20-13-14-5-3-8-19-12-14)9-4-10-23-16-7-2-6-15(18)11-16/h2-3,5-8,11-12H,4,9-10,13H2,1H3,(H,20,22). The van der Waals surface area contributed by atoms with Crippen molar-refractivity contribution in [2.45, 2.75) is 13.0 Å². The predicted octanol–water partition coefficient (Wildman–Crippen LogP) is 3.35. The van der Waals surface area contributed by atoms with E-state index in [4.69, 9.17) is 16.3 Å². The molecule has 5 nitrogen and oxygen atoms in total. The van der Waals surface area contributed by atoms with Gasteiger partial charge in [-0.15, -0.1) is 0 Å². The van der Waals surface area contributed by atoms with Crippen LogP contribution < -0.4 is 10.1 Å². The molecule has 0 aliphatic carbocycles. The van der Waals surface area contributed by atoms with E-state index in [1.165, 1.54) is 0 Å². The van der Waals surface area contributed by atoms with Gasteiger partial charge in [0.2, 0.25) is 0 Å². The van der Waals surface area contributed by atoms with Crippen LogP contribution in [0.1, 0.15) is 12.0 Å². The highest BCUT2D eigenvalue weighted by molar-refractivity contribution is 6.30. The third kappa shape index (κ3) is 6.16. The molecule has 0 unspecified atom stereocenters. The fourth-order valence-electron chi connectivity index (χ4n) is 1.97. The molecule has 1 heterocycles. The van der Waals surface area contributed by atoms with E-state index in [1.807, 2.05) is 24.3 Å². The minimum Gasteiger partial charge on any atom is -0.493 e. The van der Waals surface area contributed by atoms with Crippen LogP contribution in [0.3, 0.4) is 0 Å². The van der Waals surface area contributed by atoms with Gasteiger partial charge in [0.05, 0.1) is 6.61 Å². The lowest BCUT2D eigenvalue weighted by Gasteiger charge is -2.18. The van der Waals surface area contributed by atoms with Crippen LogP contribution in [-0.4, -0.2) is 36.1 Å². The predicted molar refractivity (Wildman–Crippen MR) is 90.7 cm³/mol. The Hall–Kier alpha value is -2.27. The molecule has 122 valence electrons. The van der Waals surface area contributed by atoms with E-state index in [-0.39, 0.29) is 6.03 Å². The highest BCUT2D eigenvalue weighted by Crippen LogP contribution is 2.17. The summed E-state index contributed by atoms with van der Waals surface area (Å²) in [6.07, 6.45) is 4.18. The van der Waals surface area contributed by atoms with Crippen LogP contribution in [0.5, 0.6) is 5.75 Å². The number of amides is 2. The molecule has 0 bridgehead atoms. The van der Waals surface area contributed by atoms with Crippen molar-refractivity contribution >= 4 is 17.6 Å². The summed E-state index contributed by atoms with van der Waals surface area (Å²) in [5.74, 6) is 0.737. The Morgan fingerprint density at radius 2 is 2.22 bits per heavy atom. The van der Waals surface area contributed by atoms with E-state index in [1.54, 1.807) is 36.5 Å². The molecule has 0 radical (unpaired) electrons. The summed E-state index contributed by atoms with van der Waals surface area (Å²) in [6.45, 7) is 1.61. The summed E-state index contributed by atoms with van der Waals surface area (Å²) in [4.78, 5) is 17.6. The van der Waals surface area contributed by atoms with Crippen molar-refractivity contribution in [2.75, 3.05) is 20.2 Å². The van der Waals surface area contributed by atoms with Crippen molar-refractivity contribution in [1.82, 2.24) is 15.2 Å². The molecule has 2 amide bonds. The number of hydrogen-bond donors (Lipinski definition) is 1. The number of pyridine rings is 1. The van der Waals surface area contributed by atoms with Gasteiger partial charge in [-0.1, -0.05) is 23.7 Å². The number of hydrogen-bond acceptors (Lipinski definition) is 3. The van der Waals surface area contributed by atoms with Crippen LogP contribution in [-0.2, 0) is 6.54 Å². The maximum Gasteiger partial charge on any atom is 0.317 e. The average Bonchev–Trinajstić information content (AvgIpc) is 2.57. The Labute approximate surface area is 141 Å². The Morgan fingerprint density at radius 3 is 2.96 bits per heavy atom. The first kappa shape index (κ1) is 17.1. The zero-order valence-electron chi connectivity index (χ0n) is 13.0. The van der Waals surface area contributed by atoms with Crippen LogP contribution in [0.2, 0.25) is 5.02 Å². The second kappa shape index (κ2) is 9.00. The Balaban J connectivity index is 1.64. The molecule has 0 saturated heterocycles. The van der Waals surface area contributed by atoms with Gasteiger partial charge in [-0.3, -0.25) is 4.98 Å². The van der Waals surface area contributed by atoms with E-state index < -0.39 is 0 Å². The van der Waals surface area contributed by atoms with Crippen molar-refractivity contribution in [2.24, 2.45) is 0 Å². The van der Waals surface area contributed by atoms with Gasteiger partial charge < -0.3 is 15.0 Å². The minimum atomic E-state index is -0.114. The molecule has 1 N–H and O–H groups in total. The van der Waals surface area contributed by atoms with Crippen LogP contribution in [0.4, 0.5) is 4.79 Å². The second-order valence-corrected chi connectivity index (χ2v) is 5.54. The molecule has 1 aromatic carbocycles. The van der Waals surface area contributed by atoms with Crippen molar-refractivity contribution in [3.63, 3.8) is 0 Å². The number of halogens is 1. The van der Waals surface area contributed by atoms with E-state index in [2.05, 4.69) is 10.3 Å². The summed E-state index contributed by atoms with van der Waals surface area (Å²) >= 11 is 5.89. The lowest BCUT2D eigenvalue weighted by molar-refractivity contribution is 0.203. The number of ether oxygens (including phenoxy) is 1. The Bertz CT molecular complexity index is 622. The summed E-state index contributed by atoms with van der Waals surface area (Å²) in [6, 6.07) is 10.9. The Kier molecular flexibility index (Phi) is 6.69. The minimum absolute atomic E-state index is 0.114. The highest BCUT2D eigenvalue weighted by atomic mass is 35.5. The largest absolute Gasteiger partial charge is 0.493 e. The quantitative estimate of drug-likeness (QED) is 0.791. The van der Waals surface area contributed by atoms with Gasteiger partial charge in [-0.2, -0.15) is 0 Å².